The van der Waals surface area contributed by atoms with Gasteiger partial charge in [-0.25, -0.2) is 4.79 Å². The molecule has 2 rings (SSSR count). The van der Waals surface area contributed by atoms with Crippen LogP contribution in [-0.2, 0) is 4.74 Å². The maximum Gasteiger partial charge on any atom is 0.438 e. The molecule has 1 aliphatic carbocycles. The van der Waals surface area contributed by atoms with Crippen molar-refractivity contribution in [2.24, 2.45) is 5.92 Å². The van der Waals surface area contributed by atoms with Crippen LogP contribution in [0.25, 0.3) is 0 Å². The van der Waals surface area contributed by atoms with Crippen LogP contribution >= 0.6 is 0 Å². The lowest BCUT2D eigenvalue weighted by Gasteiger charge is -2.08. The average Bonchev–Trinajstić information content (AvgIpc) is 2.78. The number of aromatic nitrogens is 2. The molecule has 0 radical (unpaired) electrons. The second-order valence-electron chi connectivity index (χ2n) is 2.97. The number of hydrogen-bond acceptors (Lipinski definition) is 4. The summed E-state index contributed by atoms with van der Waals surface area (Å²) in [6.07, 6.45) is 2.16. The van der Waals surface area contributed by atoms with Crippen LogP contribution in [0.5, 0.6) is 0 Å². The van der Waals surface area contributed by atoms with Gasteiger partial charge >= 0.3 is 5.76 Å². The van der Waals surface area contributed by atoms with Gasteiger partial charge in [-0.3, -0.25) is 9.51 Å². The Bertz CT molecular complexity index is 312. The lowest BCUT2D eigenvalue weighted by Crippen LogP contribution is -2.07. The Morgan fingerprint density at radius 2 is 2.50 bits per heavy atom. The first kappa shape index (κ1) is 7.54. The Morgan fingerprint density at radius 1 is 1.75 bits per heavy atom. The van der Waals surface area contributed by atoms with Crippen LogP contribution in [0, 0.1) is 5.92 Å². The summed E-state index contributed by atoms with van der Waals surface area (Å²) >= 11 is 0. The highest BCUT2D eigenvalue weighted by Gasteiger charge is 2.34. The fraction of sp³-hybridized carbons (Fsp3) is 0.714. The molecule has 0 aromatic carbocycles. The zero-order valence-corrected chi connectivity index (χ0v) is 6.74. The Kier molecular flexibility index (Phi) is 1.73. The summed E-state index contributed by atoms with van der Waals surface area (Å²) in [6.45, 7) is 0. The topological polar surface area (TPSA) is 68.1 Å². The van der Waals surface area contributed by atoms with Gasteiger partial charge in [-0.1, -0.05) is 5.16 Å². The molecule has 1 heterocycles. The van der Waals surface area contributed by atoms with Gasteiger partial charge in [0.25, 0.3) is 0 Å². The summed E-state index contributed by atoms with van der Waals surface area (Å²) in [5.41, 5.74) is 0. The first-order valence-electron chi connectivity index (χ1n) is 3.90. The molecule has 12 heavy (non-hydrogen) atoms. The summed E-state index contributed by atoms with van der Waals surface area (Å²) < 4.78 is 9.57. The first-order chi connectivity index (χ1) is 5.81. The summed E-state index contributed by atoms with van der Waals surface area (Å²) in [5, 5.41) is 3.58. The second-order valence-corrected chi connectivity index (χ2v) is 2.97. The van der Waals surface area contributed by atoms with E-state index in [0.29, 0.717) is 11.7 Å². The molecule has 0 amide bonds. The van der Waals surface area contributed by atoms with E-state index >= 15 is 0 Å². The normalized spacial score (nSPS) is 19.4. The van der Waals surface area contributed by atoms with Gasteiger partial charge in [0.2, 0.25) is 0 Å². The van der Waals surface area contributed by atoms with Gasteiger partial charge in [0.05, 0.1) is 0 Å². The average molecular weight is 170 g/mol. The van der Waals surface area contributed by atoms with Crippen LogP contribution in [0.3, 0.4) is 0 Å². The molecule has 1 saturated carbocycles. The minimum absolute atomic E-state index is 0.101. The van der Waals surface area contributed by atoms with Crippen LogP contribution in [0.15, 0.2) is 9.32 Å². The minimum Gasteiger partial charge on any atom is -0.373 e. The molecule has 1 atom stereocenters. The summed E-state index contributed by atoms with van der Waals surface area (Å²) in [7, 11) is 1.61. The van der Waals surface area contributed by atoms with Crippen molar-refractivity contribution in [1.29, 1.82) is 0 Å². The highest BCUT2D eigenvalue weighted by Crippen LogP contribution is 2.41. The van der Waals surface area contributed by atoms with Gasteiger partial charge < -0.3 is 4.74 Å². The fourth-order valence-electron chi connectivity index (χ4n) is 1.29. The van der Waals surface area contributed by atoms with Crippen molar-refractivity contribution in [3.63, 3.8) is 0 Å². The Morgan fingerprint density at radius 3 is 2.92 bits per heavy atom. The van der Waals surface area contributed by atoms with Crippen molar-refractivity contribution in [1.82, 2.24) is 10.1 Å². The van der Waals surface area contributed by atoms with E-state index in [4.69, 9.17) is 4.74 Å². The third-order valence-electron chi connectivity index (χ3n) is 2.03. The SMILES string of the molecule is COC(c1noc(=O)[nH]1)C1CC1. The molecule has 0 spiro atoms. The fourth-order valence-corrected chi connectivity index (χ4v) is 1.29. The molecular formula is C7H10N2O3. The quantitative estimate of drug-likeness (QED) is 0.715. The predicted molar refractivity (Wildman–Crippen MR) is 39.6 cm³/mol. The molecule has 0 bridgehead atoms. The van der Waals surface area contributed by atoms with Gasteiger partial charge in [-0.15, -0.1) is 0 Å². The number of ether oxygens (including phenoxy) is 1. The molecule has 0 aliphatic heterocycles. The maximum atomic E-state index is 10.6. The van der Waals surface area contributed by atoms with Crippen molar-refractivity contribution in [2.75, 3.05) is 7.11 Å². The van der Waals surface area contributed by atoms with Crippen molar-refractivity contribution in [3.05, 3.63) is 16.4 Å². The van der Waals surface area contributed by atoms with E-state index in [1.165, 1.54) is 0 Å². The molecule has 1 fully saturated rings. The Labute approximate surface area is 68.7 Å². The van der Waals surface area contributed by atoms with E-state index in [9.17, 15) is 4.79 Å². The zero-order chi connectivity index (χ0) is 8.55. The molecule has 66 valence electrons. The number of rotatable bonds is 3. The second kappa shape index (κ2) is 2.75. The Balaban J connectivity index is 2.20. The smallest absolute Gasteiger partial charge is 0.373 e. The molecular weight excluding hydrogens is 160 g/mol. The van der Waals surface area contributed by atoms with Crippen LogP contribution in [0.2, 0.25) is 0 Å². The van der Waals surface area contributed by atoms with Crippen LogP contribution in [0.4, 0.5) is 0 Å². The van der Waals surface area contributed by atoms with E-state index in [0.717, 1.165) is 12.8 Å². The molecule has 1 N–H and O–H groups in total. The van der Waals surface area contributed by atoms with E-state index < -0.39 is 5.76 Å². The van der Waals surface area contributed by atoms with E-state index in [2.05, 4.69) is 14.7 Å². The number of nitrogens with zero attached hydrogens (tertiary/aromatic N) is 1. The van der Waals surface area contributed by atoms with Crippen molar-refractivity contribution < 1.29 is 9.26 Å². The maximum absolute atomic E-state index is 10.6. The summed E-state index contributed by atoms with van der Waals surface area (Å²) in [5.74, 6) is 0.480. The monoisotopic (exact) mass is 170 g/mol. The van der Waals surface area contributed by atoms with Crippen LogP contribution < -0.4 is 5.76 Å². The minimum atomic E-state index is -0.521. The van der Waals surface area contributed by atoms with Crippen molar-refractivity contribution in [2.45, 2.75) is 18.9 Å². The molecule has 5 nitrogen and oxygen atoms in total. The first-order valence-corrected chi connectivity index (χ1v) is 3.90. The number of H-pyrrole nitrogens is 1. The molecule has 5 heteroatoms. The van der Waals surface area contributed by atoms with Crippen molar-refractivity contribution >= 4 is 0 Å². The van der Waals surface area contributed by atoms with E-state index in [-0.39, 0.29) is 6.10 Å². The third-order valence-corrected chi connectivity index (χ3v) is 2.03. The highest BCUT2D eigenvalue weighted by molar-refractivity contribution is 4.95. The Hall–Kier alpha value is -1.10. The number of nitrogens with one attached hydrogen (secondary N) is 1. The lowest BCUT2D eigenvalue weighted by atomic mass is 10.2. The number of hydrogen-bond donors (Lipinski definition) is 1. The van der Waals surface area contributed by atoms with Gasteiger partial charge in [-0.2, -0.15) is 0 Å². The van der Waals surface area contributed by atoms with Crippen LogP contribution in [-0.4, -0.2) is 17.3 Å². The largest absolute Gasteiger partial charge is 0.438 e. The predicted octanol–water partition coefficient (Wildman–Crippen LogP) is 0.460. The molecule has 1 aromatic rings. The number of methoxy groups -OCH3 is 1. The molecule has 0 saturated heterocycles. The summed E-state index contributed by atoms with van der Waals surface area (Å²) in [6, 6.07) is 0. The molecule has 1 aromatic heterocycles. The summed E-state index contributed by atoms with van der Waals surface area (Å²) in [4.78, 5) is 13.1. The van der Waals surface area contributed by atoms with Gasteiger partial charge in [-0.05, 0) is 18.8 Å². The van der Waals surface area contributed by atoms with Gasteiger partial charge in [0, 0.05) is 7.11 Å². The van der Waals surface area contributed by atoms with Crippen molar-refractivity contribution in [3.8, 4) is 0 Å². The molecule has 1 unspecified atom stereocenters. The third kappa shape index (κ3) is 1.27. The van der Waals surface area contributed by atoms with Gasteiger partial charge in [0.1, 0.15) is 6.10 Å². The van der Waals surface area contributed by atoms with Crippen LogP contribution in [0.1, 0.15) is 24.8 Å². The molecule has 1 aliphatic rings. The standard InChI is InChI=1S/C7H10N2O3/c1-11-5(4-2-3-4)6-8-7(10)12-9-6/h4-5H,2-3H2,1H3,(H,8,9,10). The van der Waals surface area contributed by atoms with Gasteiger partial charge in [0.15, 0.2) is 5.82 Å². The lowest BCUT2D eigenvalue weighted by molar-refractivity contribution is 0.0751. The van der Waals surface area contributed by atoms with E-state index in [1.54, 1.807) is 7.11 Å². The zero-order valence-electron chi connectivity index (χ0n) is 6.74. The highest BCUT2D eigenvalue weighted by atomic mass is 16.5. The number of aromatic amines is 1. The van der Waals surface area contributed by atoms with E-state index in [1.807, 2.05) is 0 Å².